The topological polar surface area (TPSA) is 59.8 Å². The number of carbonyl (C=O) groups excluding carboxylic acids is 1. The summed E-state index contributed by atoms with van der Waals surface area (Å²) in [5, 5.41) is 12.1. The number of thioether (sulfide) groups is 1. The molecule has 5 nitrogen and oxygen atoms in total. The highest BCUT2D eigenvalue weighted by molar-refractivity contribution is 8.00. The molecule has 0 radical (unpaired) electrons. The molecule has 0 aromatic carbocycles. The lowest BCUT2D eigenvalue weighted by Crippen LogP contribution is -2.27. The fourth-order valence-electron chi connectivity index (χ4n) is 2.08. The number of aromatic nitrogens is 3. The number of carbonyl (C=O) groups is 1. The Labute approximate surface area is 111 Å². The molecule has 0 spiro atoms. The number of hydrogen-bond donors (Lipinski definition) is 1. The van der Waals surface area contributed by atoms with Crippen LogP contribution in [0.3, 0.4) is 0 Å². The minimum Gasteiger partial charge on any atom is -0.358 e. The fourth-order valence-corrected chi connectivity index (χ4v) is 3.06. The van der Waals surface area contributed by atoms with Crippen LogP contribution in [0.5, 0.6) is 0 Å². The van der Waals surface area contributed by atoms with Crippen molar-refractivity contribution >= 4 is 17.7 Å². The van der Waals surface area contributed by atoms with E-state index >= 15 is 0 Å². The summed E-state index contributed by atoms with van der Waals surface area (Å²) in [6.45, 7) is 1.91. The Morgan fingerprint density at radius 3 is 2.67 bits per heavy atom. The average Bonchev–Trinajstić information content (AvgIpc) is 3.27. The van der Waals surface area contributed by atoms with Crippen LogP contribution in [0.1, 0.15) is 50.4 Å². The summed E-state index contributed by atoms with van der Waals surface area (Å²) < 4.78 is 2.28. The lowest BCUT2D eigenvalue weighted by Gasteiger charge is -2.11. The van der Waals surface area contributed by atoms with Crippen molar-refractivity contribution in [3.8, 4) is 0 Å². The molecule has 6 heteroatoms. The maximum atomic E-state index is 11.6. The van der Waals surface area contributed by atoms with Crippen molar-refractivity contribution in [3.63, 3.8) is 0 Å². The van der Waals surface area contributed by atoms with Gasteiger partial charge in [-0.05, 0) is 32.6 Å². The molecule has 1 heterocycles. The minimum absolute atomic E-state index is 0.0401. The van der Waals surface area contributed by atoms with Gasteiger partial charge in [0.15, 0.2) is 5.16 Å². The highest BCUT2D eigenvalue weighted by atomic mass is 32.2. The van der Waals surface area contributed by atoms with E-state index < -0.39 is 0 Å². The third-order valence-corrected chi connectivity index (χ3v) is 4.50. The predicted molar refractivity (Wildman–Crippen MR) is 69.7 cm³/mol. The van der Waals surface area contributed by atoms with Gasteiger partial charge in [0.2, 0.25) is 5.91 Å². The Balaban J connectivity index is 1.80. The van der Waals surface area contributed by atoms with E-state index in [1.54, 1.807) is 7.05 Å². The van der Waals surface area contributed by atoms with Gasteiger partial charge in [-0.15, -0.1) is 10.2 Å². The first-order valence-electron chi connectivity index (χ1n) is 6.53. The fraction of sp³-hybridized carbons (Fsp3) is 0.750. The predicted octanol–water partition coefficient (Wildman–Crippen LogP) is 1.72. The molecule has 1 atom stereocenters. The molecule has 2 aliphatic carbocycles. The molecule has 0 bridgehead atoms. The van der Waals surface area contributed by atoms with Crippen molar-refractivity contribution in [1.82, 2.24) is 20.1 Å². The van der Waals surface area contributed by atoms with Crippen LogP contribution in [0.25, 0.3) is 0 Å². The number of nitrogens with one attached hydrogen (secondary N) is 1. The summed E-state index contributed by atoms with van der Waals surface area (Å²) in [4.78, 5) is 11.6. The van der Waals surface area contributed by atoms with Gasteiger partial charge in [0.1, 0.15) is 5.82 Å². The van der Waals surface area contributed by atoms with Crippen molar-refractivity contribution in [2.45, 2.75) is 55.0 Å². The van der Waals surface area contributed by atoms with Gasteiger partial charge < -0.3 is 9.88 Å². The van der Waals surface area contributed by atoms with Gasteiger partial charge in [-0.3, -0.25) is 4.79 Å². The van der Waals surface area contributed by atoms with Gasteiger partial charge in [-0.1, -0.05) is 11.8 Å². The third-order valence-electron chi connectivity index (χ3n) is 3.44. The van der Waals surface area contributed by atoms with Crippen LogP contribution in [0.2, 0.25) is 0 Å². The zero-order valence-electron chi connectivity index (χ0n) is 10.7. The molecule has 18 heavy (non-hydrogen) atoms. The van der Waals surface area contributed by atoms with Gasteiger partial charge in [0.05, 0.1) is 5.25 Å². The molecule has 0 saturated heterocycles. The molecule has 98 valence electrons. The van der Waals surface area contributed by atoms with E-state index in [9.17, 15) is 4.79 Å². The van der Waals surface area contributed by atoms with Crippen LogP contribution in [0.4, 0.5) is 0 Å². The van der Waals surface area contributed by atoms with Crippen LogP contribution in [-0.2, 0) is 4.79 Å². The van der Waals surface area contributed by atoms with Crippen LogP contribution < -0.4 is 5.32 Å². The number of hydrogen-bond acceptors (Lipinski definition) is 4. The first kappa shape index (κ1) is 12.0. The van der Waals surface area contributed by atoms with Crippen molar-refractivity contribution in [3.05, 3.63) is 5.82 Å². The molecular formula is C12H18N4OS. The third kappa shape index (κ3) is 2.25. The molecule has 0 aliphatic heterocycles. The Morgan fingerprint density at radius 2 is 2.11 bits per heavy atom. The normalized spacial score (nSPS) is 20.8. The number of amides is 1. The summed E-state index contributed by atoms with van der Waals surface area (Å²) in [5.41, 5.74) is 0. The smallest absolute Gasteiger partial charge is 0.233 e. The molecule has 2 aliphatic rings. The molecule has 2 fully saturated rings. The molecule has 1 N–H and O–H groups in total. The van der Waals surface area contributed by atoms with Gasteiger partial charge in [-0.2, -0.15) is 0 Å². The summed E-state index contributed by atoms with van der Waals surface area (Å²) in [5.74, 6) is 1.80. The Kier molecular flexibility index (Phi) is 3.05. The van der Waals surface area contributed by atoms with E-state index in [0.29, 0.717) is 12.0 Å². The summed E-state index contributed by atoms with van der Waals surface area (Å²) in [6, 6.07) is 0.579. The molecule has 2 saturated carbocycles. The molecule has 3 rings (SSSR count). The maximum Gasteiger partial charge on any atom is 0.233 e. The number of nitrogens with zero attached hydrogens (tertiary/aromatic N) is 3. The van der Waals surface area contributed by atoms with E-state index in [1.165, 1.54) is 37.4 Å². The van der Waals surface area contributed by atoms with E-state index in [2.05, 4.69) is 20.1 Å². The summed E-state index contributed by atoms with van der Waals surface area (Å²) >= 11 is 1.51. The van der Waals surface area contributed by atoms with Crippen molar-refractivity contribution in [2.24, 2.45) is 0 Å². The van der Waals surface area contributed by atoms with Crippen molar-refractivity contribution in [2.75, 3.05) is 7.05 Å². The standard InChI is InChI=1S/C12H18N4OS/c1-7(11(17)13-2)18-12-15-14-10(8-3-4-8)16(12)9-5-6-9/h7-9H,3-6H2,1-2H3,(H,13,17)/t7-/m0/s1. The minimum atomic E-state index is -0.122. The molecule has 1 aromatic rings. The van der Waals surface area contributed by atoms with Gasteiger partial charge in [0.25, 0.3) is 0 Å². The lowest BCUT2D eigenvalue weighted by molar-refractivity contribution is -0.119. The van der Waals surface area contributed by atoms with Gasteiger partial charge in [-0.25, -0.2) is 0 Å². The van der Waals surface area contributed by atoms with Gasteiger partial charge >= 0.3 is 0 Å². The highest BCUT2D eigenvalue weighted by Crippen LogP contribution is 2.46. The van der Waals surface area contributed by atoms with Crippen LogP contribution >= 0.6 is 11.8 Å². The Morgan fingerprint density at radius 1 is 1.39 bits per heavy atom. The van der Waals surface area contributed by atoms with Gasteiger partial charge in [0, 0.05) is 19.0 Å². The van der Waals surface area contributed by atoms with Crippen molar-refractivity contribution in [1.29, 1.82) is 0 Å². The molecular weight excluding hydrogens is 248 g/mol. The molecule has 1 aromatic heterocycles. The van der Waals surface area contributed by atoms with E-state index in [1.807, 2.05) is 6.92 Å². The highest BCUT2D eigenvalue weighted by Gasteiger charge is 2.36. The second kappa shape index (κ2) is 4.57. The molecule has 0 unspecified atom stereocenters. The zero-order chi connectivity index (χ0) is 12.7. The number of rotatable bonds is 5. The molecule has 1 amide bonds. The first-order valence-corrected chi connectivity index (χ1v) is 7.41. The van der Waals surface area contributed by atoms with Crippen LogP contribution in [0, 0.1) is 0 Å². The SMILES string of the molecule is CNC(=O)[C@H](C)Sc1nnc(C2CC2)n1C1CC1. The quantitative estimate of drug-likeness (QED) is 0.824. The zero-order valence-corrected chi connectivity index (χ0v) is 11.5. The van der Waals surface area contributed by atoms with Crippen LogP contribution in [-0.4, -0.2) is 33.0 Å². The second-order valence-electron chi connectivity index (χ2n) is 5.09. The van der Waals surface area contributed by atoms with E-state index in [4.69, 9.17) is 0 Å². The average molecular weight is 266 g/mol. The van der Waals surface area contributed by atoms with Crippen molar-refractivity contribution < 1.29 is 4.79 Å². The summed E-state index contributed by atoms with van der Waals surface area (Å²) in [7, 11) is 1.67. The van der Waals surface area contributed by atoms with E-state index in [-0.39, 0.29) is 11.2 Å². The Bertz CT molecular complexity index is 465. The largest absolute Gasteiger partial charge is 0.358 e. The van der Waals surface area contributed by atoms with E-state index in [0.717, 1.165) is 11.0 Å². The maximum absolute atomic E-state index is 11.6. The lowest BCUT2D eigenvalue weighted by atomic mass is 10.4. The second-order valence-corrected chi connectivity index (χ2v) is 6.40. The summed E-state index contributed by atoms with van der Waals surface area (Å²) in [6.07, 6.45) is 4.92. The van der Waals surface area contributed by atoms with Crippen LogP contribution in [0.15, 0.2) is 5.16 Å². The first-order chi connectivity index (χ1) is 8.70. The Hall–Kier alpha value is -1.04. The monoisotopic (exact) mass is 266 g/mol.